The summed E-state index contributed by atoms with van der Waals surface area (Å²) in [5.41, 5.74) is 3.95. The van der Waals surface area contributed by atoms with Crippen LogP contribution in [0.25, 0.3) is 0 Å². The van der Waals surface area contributed by atoms with Crippen molar-refractivity contribution in [2.45, 2.75) is 46.7 Å². The number of carbonyl (C=O) groups excluding carboxylic acids is 3. The van der Waals surface area contributed by atoms with E-state index in [1.165, 1.54) is 4.90 Å². The summed E-state index contributed by atoms with van der Waals surface area (Å²) in [6.07, 6.45) is -3.74. The van der Waals surface area contributed by atoms with E-state index in [4.69, 9.17) is 4.74 Å². The lowest BCUT2D eigenvalue weighted by atomic mass is 9.93. The van der Waals surface area contributed by atoms with Gasteiger partial charge in [-0.2, -0.15) is 13.2 Å². The van der Waals surface area contributed by atoms with Crippen molar-refractivity contribution in [1.29, 1.82) is 0 Å². The standard InChI is InChI=1S/C26H28F3NO4/c1-15-13-22(18(4)17(3)16(15)2)23(31)14-34-25(33)20-9-11-30(12-10-20)24(32)19-5-7-21(8-6-19)26(27,28)29/h5-8,13,20H,9-12,14H2,1-4H3. The third-order valence-electron chi connectivity index (χ3n) is 6.70. The van der Waals surface area contributed by atoms with Crippen LogP contribution in [0.4, 0.5) is 13.2 Å². The van der Waals surface area contributed by atoms with Crippen LogP contribution < -0.4 is 0 Å². The molecule has 1 aliphatic heterocycles. The van der Waals surface area contributed by atoms with Crippen molar-refractivity contribution in [3.05, 3.63) is 69.3 Å². The number of hydrogen-bond donors (Lipinski definition) is 0. The molecule has 3 rings (SSSR count). The van der Waals surface area contributed by atoms with E-state index < -0.39 is 23.6 Å². The van der Waals surface area contributed by atoms with E-state index in [9.17, 15) is 27.6 Å². The molecule has 0 aromatic heterocycles. The highest BCUT2D eigenvalue weighted by Gasteiger charge is 2.32. The van der Waals surface area contributed by atoms with E-state index in [1.807, 2.05) is 33.8 Å². The number of aryl methyl sites for hydroxylation is 1. The van der Waals surface area contributed by atoms with Gasteiger partial charge in [0.05, 0.1) is 11.5 Å². The molecule has 1 fully saturated rings. The normalized spacial score (nSPS) is 14.7. The zero-order chi connectivity index (χ0) is 25.2. The highest BCUT2D eigenvalue weighted by Crippen LogP contribution is 2.29. The van der Waals surface area contributed by atoms with Crippen molar-refractivity contribution in [2.75, 3.05) is 19.7 Å². The molecule has 0 saturated carbocycles. The molecule has 1 saturated heterocycles. The summed E-state index contributed by atoms with van der Waals surface area (Å²) in [5, 5.41) is 0. The van der Waals surface area contributed by atoms with Crippen LogP contribution in [0.3, 0.4) is 0 Å². The van der Waals surface area contributed by atoms with Crippen LogP contribution >= 0.6 is 0 Å². The molecule has 1 heterocycles. The summed E-state index contributed by atoms with van der Waals surface area (Å²) in [7, 11) is 0. The molecule has 0 N–H and O–H groups in total. The van der Waals surface area contributed by atoms with Crippen molar-refractivity contribution in [1.82, 2.24) is 4.90 Å². The Morgan fingerprint density at radius 2 is 1.53 bits per heavy atom. The van der Waals surface area contributed by atoms with Gasteiger partial charge in [0.1, 0.15) is 0 Å². The van der Waals surface area contributed by atoms with Crippen LogP contribution in [0.1, 0.15) is 61.4 Å². The van der Waals surface area contributed by atoms with Gasteiger partial charge in [0.25, 0.3) is 5.91 Å². The number of ether oxygens (including phenoxy) is 1. The predicted molar refractivity (Wildman–Crippen MR) is 121 cm³/mol. The molecule has 5 nitrogen and oxygen atoms in total. The minimum Gasteiger partial charge on any atom is -0.457 e. The summed E-state index contributed by atoms with van der Waals surface area (Å²) in [6.45, 7) is 7.99. The number of amides is 1. The number of hydrogen-bond acceptors (Lipinski definition) is 4. The quantitative estimate of drug-likeness (QED) is 0.440. The summed E-state index contributed by atoms with van der Waals surface area (Å²) < 4.78 is 43.4. The Balaban J connectivity index is 1.53. The Kier molecular flexibility index (Phi) is 7.48. The zero-order valence-corrected chi connectivity index (χ0v) is 19.7. The second-order valence-corrected chi connectivity index (χ2v) is 8.79. The van der Waals surface area contributed by atoms with Gasteiger partial charge in [0.2, 0.25) is 5.78 Å². The Labute approximate surface area is 196 Å². The molecule has 8 heteroatoms. The third-order valence-corrected chi connectivity index (χ3v) is 6.70. The molecule has 0 atom stereocenters. The predicted octanol–water partition coefficient (Wildman–Crippen LogP) is 5.22. The zero-order valence-electron chi connectivity index (χ0n) is 19.7. The van der Waals surface area contributed by atoms with Crippen LogP contribution in [-0.2, 0) is 15.7 Å². The van der Waals surface area contributed by atoms with Gasteiger partial charge in [-0.1, -0.05) is 0 Å². The molecule has 2 aromatic carbocycles. The average Bonchev–Trinajstić information content (AvgIpc) is 2.82. The molecule has 0 bridgehead atoms. The number of Topliss-reactive ketones (excluding diaryl/α,β-unsaturated/α-hetero) is 1. The largest absolute Gasteiger partial charge is 0.457 e. The molecule has 0 unspecified atom stereocenters. The fourth-order valence-corrected chi connectivity index (χ4v) is 4.14. The van der Waals surface area contributed by atoms with E-state index >= 15 is 0 Å². The molecular weight excluding hydrogens is 447 g/mol. The Morgan fingerprint density at radius 3 is 2.09 bits per heavy atom. The summed E-state index contributed by atoms with van der Waals surface area (Å²) in [5.74, 6) is -1.55. The van der Waals surface area contributed by atoms with Crippen LogP contribution in [-0.4, -0.2) is 42.3 Å². The van der Waals surface area contributed by atoms with Crippen LogP contribution in [0.5, 0.6) is 0 Å². The van der Waals surface area contributed by atoms with Crippen LogP contribution in [0, 0.1) is 33.6 Å². The number of benzene rings is 2. The van der Waals surface area contributed by atoms with Crippen LogP contribution in [0.15, 0.2) is 30.3 Å². The number of carbonyl (C=O) groups is 3. The van der Waals surface area contributed by atoms with Gasteiger partial charge in [-0.05, 0) is 93.1 Å². The van der Waals surface area contributed by atoms with Gasteiger partial charge >= 0.3 is 12.1 Å². The number of piperidine rings is 1. The van der Waals surface area contributed by atoms with E-state index in [0.29, 0.717) is 18.4 Å². The molecule has 2 aromatic rings. The van der Waals surface area contributed by atoms with Crippen LogP contribution in [0.2, 0.25) is 0 Å². The first kappa shape index (κ1) is 25.5. The number of ketones is 1. The smallest absolute Gasteiger partial charge is 0.416 e. The van der Waals surface area contributed by atoms with Gasteiger partial charge in [-0.15, -0.1) is 0 Å². The van der Waals surface area contributed by atoms with Gasteiger partial charge in [-0.3, -0.25) is 14.4 Å². The number of esters is 1. The number of halogens is 3. The number of likely N-dealkylation sites (tertiary alicyclic amines) is 1. The van der Waals surface area contributed by atoms with E-state index in [-0.39, 0.29) is 37.0 Å². The van der Waals surface area contributed by atoms with Gasteiger partial charge in [0, 0.05) is 24.2 Å². The minimum atomic E-state index is -4.46. The van der Waals surface area contributed by atoms with Crippen molar-refractivity contribution in [3.8, 4) is 0 Å². The molecule has 0 spiro atoms. The van der Waals surface area contributed by atoms with E-state index in [1.54, 1.807) is 0 Å². The van der Waals surface area contributed by atoms with Gasteiger partial charge in [-0.25, -0.2) is 0 Å². The summed E-state index contributed by atoms with van der Waals surface area (Å²) in [6, 6.07) is 5.90. The molecular formula is C26H28F3NO4. The summed E-state index contributed by atoms with van der Waals surface area (Å²) in [4.78, 5) is 39.3. The molecule has 1 aliphatic rings. The van der Waals surface area contributed by atoms with Crippen molar-refractivity contribution < 1.29 is 32.3 Å². The lowest BCUT2D eigenvalue weighted by Crippen LogP contribution is -2.40. The number of rotatable bonds is 5. The third kappa shape index (κ3) is 5.48. The lowest BCUT2D eigenvalue weighted by molar-refractivity contribution is -0.148. The Hall–Kier alpha value is -3.16. The first-order valence-corrected chi connectivity index (χ1v) is 11.1. The fourth-order valence-electron chi connectivity index (χ4n) is 4.14. The second-order valence-electron chi connectivity index (χ2n) is 8.79. The van der Waals surface area contributed by atoms with Crippen molar-refractivity contribution in [3.63, 3.8) is 0 Å². The molecule has 182 valence electrons. The van der Waals surface area contributed by atoms with Crippen molar-refractivity contribution >= 4 is 17.7 Å². The minimum absolute atomic E-state index is 0.165. The molecule has 1 amide bonds. The Bertz CT molecular complexity index is 1100. The number of alkyl halides is 3. The number of nitrogens with zero attached hydrogens (tertiary/aromatic N) is 1. The lowest BCUT2D eigenvalue weighted by Gasteiger charge is -2.31. The molecule has 0 aliphatic carbocycles. The van der Waals surface area contributed by atoms with Gasteiger partial charge in [0.15, 0.2) is 6.61 Å². The van der Waals surface area contributed by atoms with E-state index in [0.717, 1.165) is 46.5 Å². The first-order chi connectivity index (χ1) is 15.9. The first-order valence-electron chi connectivity index (χ1n) is 11.1. The van der Waals surface area contributed by atoms with Gasteiger partial charge < -0.3 is 9.64 Å². The SMILES string of the molecule is Cc1cc(C(=O)COC(=O)C2CCN(C(=O)c3ccc(C(F)(F)F)cc3)CC2)c(C)c(C)c1C. The average molecular weight is 476 g/mol. The maximum absolute atomic E-state index is 12.7. The highest BCUT2D eigenvalue weighted by atomic mass is 19.4. The summed E-state index contributed by atoms with van der Waals surface area (Å²) >= 11 is 0. The molecule has 34 heavy (non-hydrogen) atoms. The second kappa shape index (κ2) is 9.99. The topological polar surface area (TPSA) is 63.7 Å². The van der Waals surface area contributed by atoms with Crippen molar-refractivity contribution in [2.24, 2.45) is 5.92 Å². The molecule has 0 radical (unpaired) electrons. The highest BCUT2D eigenvalue weighted by molar-refractivity contribution is 6.00. The maximum atomic E-state index is 12.7. The fraction of sp³-hybridized carbons (Fsp3) is 0.423. The maximum Gasteiger partial charge on any atom is 0.416 e. The Morgan fingerprint density at radius 1 is 0.941 bits per heavy atom. The monoisotopic (exact) mass is 475 g/mol. The van der Waals surface area contributed by atoms with E-state index in [2.05, 4.69) is 0 Å².